The number of rotatable bonds is 7. The van der Waals surface area contributed by atoms with Gasteiger partial charge in [-0.3, -0.25) is 9.69 Å². The molecule has 0 aliphatic heterocycles. The molecule has 0 radical (unpaired) electrons. The average Bonchev–Trinajstić information content (AvgIpc) is 2.65. The number of aliphatic hydroxyl groups is 1. The van der Waals surface area contributed by atoms with E-state index >= 15 is 0 Å². The van der Waals surface area contributed by atoms with E-state index in [4.69, 9.17) is 5.11 Å². The molecule has 0 spiro atoms. The molecule has 0 fully saturated rings. The highest BCUT2D eigenvalue weighted by Gasteiger charge is 2.13. The average molecular weight is 306 g/mol. The van der Waals surface area contributed by atoms with Gasteiger partial charge in [0.05, 0.1) is 21.8 Å². The van der Waals surface area contributed by atoms with Gasteiger partial charge in [-0.25, -0.2) is 0 Å². The monoisotopic (exact) mass is 305 g/mol. The number of carbonyl (C=O) groups excluding carboxylic acids is 1. The van der Waals surface area contributed by atoms with Gasteiger partial charge in [-0.1, -0.05) is 6.92 Å². The van der Waals surface area contributed by atoms with Crippen LogP contribution >= 0.6 is 27.3 Å². The lowest BCUT2D eigenvalue weighted by molar-refractivity contribution is 0.0919. The van der Waals surface area contributed by atoms with Gasteiger partial charge in [-0.05, 0) is 41.0 Å². The first-order valence-electron chi connectivity index (χ1n) is 5.29. The Bertz CT molecular complexity index is 334. The van der Waals surface area contributed by atoms with Crippen molar-refractivity contribution in [2.24, 2.45) is 0 Å². The Morgan fingerprint density at radius 2 is 2.25 bits per heavy atom. The van der Waals surface area contributed by atoms with Crippen molar-refractivity contribution in [1.29, 1.82) is 0 Å². The minimum Gasteiger partial charge on any atom is -0.395 e. The predicted octanol–water partition coefficient (Wildman–Crippen LogP) is 2.40. The molecule has 0 amide bonds. The molecule has 16 heavy (non-hydrogen) atoms. The third kappa shape index (κ3) is 4.33. The Balaban J connectivity index is 2.54. The number of nitrogens with zero attached hydrogens (tertiary/aromatic N) is 1. The SMILES string of the molecule is CCCN(CCO)CC(=O)c1ccc(Br)s1. The summed E-state index contributed by atoms with van der Waals surface area (Å²) < 4.78 is 0.972. The first-order valence-corrected chi connectivity index (χ1v) is 6.90. The Hall–Kier alpha value is -0.230. The minimum atomic E-state index is 0.0986. The summed E-state index contributed by atoms with van der Waals surface area (Å²) in [6, 6.07) is 3.72. The number of carbonyl (C=O) groups is 1. The Morgan fingerprint density at radius 3 is 2.75 bits per heavy atom. The number of hydrogen-bond donors (Lipinski definition) is 1. The molecule has 1 aromatic heterocycles. The van der Waals surface area contributed by atoms with E-state index < -0.39 is 0 Å². The van der Waals surface area contributed by atoms with E-state index in [0.717, 1.165) is 21.6 Å². The lowest BCUT2D eigenvalue weighted by atomic mass is 10.3. The van der Waals surface area contributed by atoms with E-state index in [0.29, 0.717) is 13.1 Å². The molecule has 0 atom stereocenters. The Kier molecular flexibility index (Phi) is 6.20. The van der Waals surface area contributed by atoms with Crippen LogP contribution in [0.2, 0.25) is 0 Å². The zero-order valence-corrected chi connectivity index (χ0v) is 11.7. The van der Waals surface area contributed by atoms with E-state index in [1.165, 1.54) is 11.3 Å². The molecule has 0 saturated carbocycles. The summed E-state index contributed by atoms with van der Waals surface area (Å²) in [4.78, 5) is 14.6. The number of ketones is 1. The maximum Gasteiger partial charge on any atom is 0.186 e. The molecule has 0 saturated heterocycles. The van der Waals surface area contributed by atoms with E-state index in [-0.39, 0.29) is 12.4 Å². The van der Waals surface area contributed by atoms with Gasteiger partial charge in [-0.2, -0.15) is 0 Å². The van der Waals surface area contributed by atoms with Crippen LogP contribution in [0, 0.1) is 0 Å². The number of thiophene rings is 1. The smallest absolute Gasteiger partial charge is 0.186 e. The number of hydrogen-bond acceptors (Lipinski definition) is 4. The van der Waals surface area contributed by atoms with Crippen molar-refractivity contribution in [2.75, 3.05) is 26.2 Å². The molecule has 1 aromatic rings. The molecule has 1 rings (SSSR count). The standard InChI is InChI=1S/C11H16BrNO2S/c1-2-5-13(6-7-14)8-9(15)10-3-4-11(12)16-10/h3-4,14H,2,5-8H2,1H3. The van der Waals surface area contributed by atoms with Crippen LogP contribution in [0.5, 0.6) is 0 Å². The lowest BCUT2D eigenvalue weighted by Crippen LogP contribution is -2.32. The summed E-state index contributed by atoms with van der Waals surface area (Å²) >= 11 is 4.79. The molecule has 0 unspecified atom stereocenters. The van der Waals surface area contributed by atoms with E-state index in [1.807, 2.05) is 17.0 Å². The maximum absolute atomic E-state index is 11.9. The van der Waals surface area contributed by atoms with Crippen LogP contribution in [0.25, 0.3) is 0 Å². The molecule has 0 aromatic carbocycles. The second-order valence-electron chi connectivity index (χ2n) is 3.53. The van der Waals surface area contributed by atoms with Crippen molar-refractivity contribution in [3.63, 3.8) is 0 Å². The second kappa shape index (κ2) is 7.17. The van der Waals surface area contributed by atoms with E-state index in [9.17, 15) is 4.79 Å². The molecule has 0 bridgehead atoms. The fraction of sp³-hybridized carbons (Fsp3) is 0.545. The quantitative estimate of drug-likeness (QED) is 0.786. The second-order valence-corrected chi connectivity index (χ2v) is 5.99. The number of halogens is 1. The van der Waals surface area contributed by atoms with Crippen molar-refractivity contribution in [2.45, 2.75) is 13.3 Å². The highest BCUT2D eigenvalue weighted by atomic mass is 79.9. The van der Waals surface area contributed by atoms with Crippen molar-refractivity contribution >= 4 is 33.0 Å². The van der Waals surface area contributed by atoms with Crippen LogP contribution in [0.3, 0.4) is 0 Å². The summed E-state index contributed by atoms with van der Waals surface area (Å²) in [7, 11) is 0. The summed E-state index contributed by atoms with van der Waals surface area (Å²) in [5.74, 6) is 0.123. The molecular formula is C11H16BrNO2S. The molecule has 0 aliphatic rings. The largest absolute Gasteiger partial charge is 0.395 e. The Labute approximate surface area is 108 Å². The highest BCUT2D eigenvalue weighted by molar-refractivity contribution is 9.11. The first-order chi connectivity index (χ1) is 7.67. The molecule has 5 heteroatoms. The summed E-state index contributed by atoms with van der Waals surface area (Å²) in [6.07, 6.45) is 0.988. The van der Waals surface area contributed by atoms with Crippen LogP contribution < -0.4 is 0 Å². The van der Waals surface area contributed by atoms with Crippen LogP contribution in [0.1, 0.15) is 23.0 Å². The van der Waals surface area contributed by atoms with Crippen LogP contribution in [0.4, 0.5) is 0 Å². The fourth-order valence-electron chi connectivity index (χ4n) is 1.47. The topological polar surface area (TPSA) is 40.5 Å². The normalized spacial score (nSPS) is 11.0. The zero-order chi connectivity index (χ0) is 12.0. The third-order valence-electron chi connectivity index (χ3n) is 2.17. The van der Waals surface area contributed by atoms with Crippen molar-refractivity contribution in [1.82, 2.24) is 4.90 Å². The molecule has 90 valence electrons. The van der Waals surface area contributed by atoms with Gasteiger partial charge < -0.3 is 5.11 Å². The molecule has 1 heterocycles. The molecule has 3 nitrogen and oxygen atoms in total. The fourth-order valence-corrected chi connectivity index (χ4v) is 2.79. The van der Waals surface area contributed by atoms with Gasteiger partial charge in [0.1, 0.15) is 0 Å². The lowest BCUT2D eigenvalue weighted by Gasteiger charge is -2.18. The van der Waals surface area contributed by atoms with Gasteiger partial charge in [0, 0.05) is 6.54 Å². The van der Waals surface area contributed by atoms with E-state index in [2.05, 4.69) is 22.9 Å². The summed E-state index contributed by atoms with van der Waals surface area (Å²) in [6.45, 7) is 3.96. The van der Waals surface area contributed by atoms with E-state index in [1.54, 1.807) is 0 Å². The maximum atomic E-state index is 11.9. The van der Waals surface area contributed by atoms with Crippen molar-refractivity contribution in [3.05, 3.63) is 20.8 Å². The van der Waals surface area contributed by atoms with Crippen LogP contribution in [-0.2, 0) is 0 Å². The van der Waals surface area contributed by atoms with Gasteiger partial charge in [-0.15, -0.1) is 11.3 Å². The van der Waals surface area contributed by atoms with Crippen molar-refractivity contribution in [3.8, 4) is 0 Å². The predicted molar refractivity (Wildman–Crippen MR) is 70.2 cm³/mol. The minimum absolute atomic E-state index is 0.0986. The van der Waals surface area contributed by atoms with Crippen LogP contribution in [0.15, 0.2) is 15.9 Å². The van der Waals surface area contributed by atoms with Gasteiger partial charge in [0.25, 0.3) is 0 Å². The summed E-state index contributed by atoms with van der Waals surface area (Å²) in [5.41, 5.74) is 0. The highest BCUT2D eigenvalue weighted by Crippen LogP contribution is 2.22. The summed E-state index contributed by atoms with van der Waals surface area (Å²) in [5, 5.41) is 8.89. The first kappa shape index (κ1) is 13.8. The molecular weight excluding hydrogens is 290 g/mol. The van der Waals surface area contributed by atoms with Gasteiger partial charge >= 0.3 is 0 Å². The Morgan fingerprint density at radius 1 is 1.50 bits per heavy atom. The third-order valence-corrected chi connectivity index (χ3v) is 3.84. The van der Waals surface area contributed by atoms with Crippen molar-refractivity contribution < 1.29 is 9.90 Å². The van der Waals surface area contributed by atoms with Gasteiger partial charge in [0.15, 0.2) is 5.78 Å². The van der Waals surface area contributed by atoms with Gasteiger partial charge in [0.2, 0.25) is 0 Å². The molecule has 0 aliphatic carbocycles. The number of aliphatic hydroxyl groups excluding tert-OH is 1. The molecule has 1 N–H and O–H groups in total. The zero-order valence-electron chi connectivity index (χ0n) is 9.28. The number of Topliss-reactive ketones (excluding diaryl/α,β-unsaturated/α-hetero) is 1. The van der Waals surface area contributed by atoms with Crippen LogP contribution in [-0.4, -0.2) is 42.0 Å².